The molecule has 3 aromatic rings. The first-order valence-electron chi connectivity index (χ1n) is 6.92. The van der Waals surface area contributed by atoms with Crippen LogP contribution in [0.5, 0.6) is 0 Å². The van der Waals surface area contributed by atoms with Gasteiger partial charge in [0.1, 0.15) is 5.69 Å². The molecule has 0 unspecified atom stereocenters. The minimum absolute atomic E-state index is 0.0871. The van der Waals surface area contributed by atoms with Crippen LogP contribution >= 0.6 is 34.8 Å². The highest BCUT2D eigenvalue weighted by atomic mass is 35.5. The van der Waals surface area contributed by atoms with Gasteiger partial charge in [0.05, 0.1) is 21.3 Å². The average Bonchev–Trinajstić information content (AvgIpc) is 2.77. The zero-order valence-corrected chi connectivity index (χ0v) is 14.8. The molecule has 114 valence electrons. The van der Waals surface area contributed by atoms with Gasteiger partial charge in [-0.25, -0.2) is 4.68 Å². The van der Waals surface area contributed by atoms with Crippen LogP contribution in [-0.2, 0) is 5.41 Å². The maximum atomic E-state index is 6.36. The molecule has 22 heavy (non-hydrogen) atoms. The molecule has 1 aromatic heterocycles. The van der Waals surface area contributed by atoms with E-state index >= 15 is 0 Å². The summed E-state index contributed by atoms with van der Waals surface area (Å²) >= 11 is 18.7. The molecule has 2 nitrogen and oxygen atoms in total. The van der Waals surface area contributed by atoms with Crippen LogP contribution in [0.25, 0.3) is 16.6 Å². The fourth-order valence-electron chi connectivity index (χ4n) is 2.53. The molecule has 0 saturated heterocycles. The molecule has 5 heteroatoms. The molecule has 0 radical (unpaired) electrons. The molecule has 0 N–H and O–H groups in total. The zero-order valence-electron chi connectivity index (χ0n) is 12.5. The smallest absolute Gasteiger partial charge is 0.103 e. The second kappa shape index (κ2) is 5.45. The van der Waals surface area contributed by atoms with Crippen LogP contribution in [-0.4, -0.2) is 9.78 Å². The Hall–Kier alpha value is -1.22. The van der Waals surface area contributed by atoms with Crippen LogP contribution in [0.15, 0.2) is 36.4 Å². The fraction of sp³-hybridized carbons (Fsp3) is 0.235. The summed E-state index contributed by atoms with van der Waals surface area (Å²) in [4.78, 5) is 0. The molecule has 1 heterocycles. The average molecular weight is 354 g/mol. The largest absolute Gasteiger partial charge is 0.230 e. The van der Waals surface area contributed by atoms with E-state index in [0.717, 1.165) is 16.6 Å². The van der Waals surface area contributed by atoms with Crippen LogP contribution < -0.4 is 0 Å². The van der Waals surface area contributed by atoms with Gasteiger partial charge in [0.15, 0.2) is 0 Å². The van der Waals surface area contributed by atoms with Gasteiger partial charge in [0, 0.05) is 15.8 Å². The molecule has 2 aromatic carbocycles. The predicted octanol–water partition coefficient (Wildman–Crippen LogP) is 6.28. The monoisotopic (exact) mass is 352 g/mol. The molecular formula is C17H15Cl3N2. The van der Waals surface area contributed by atoms with E-state index in [0.29, 0.717) is 20.8 Å². The van der Waals surface area contributed by atoms with Crippen molar-refractivity contribution >= 4 is 45.7 Å². The summed E-state index contributed by atoms with van der Waals surface area (Å²) in [6, 6.07) is 11.4. The molecule has 0 bridgehead atoms. The van der Waals surface area contributed by atoms with E-state index in [1.165, 1.54) is 0 Å². The SMILES string of the molecule is CC(C)(C)c1nn(-c2c(Cl)cc(Cl)cc2Cl)c2ccccc12. The summed E-state index contributed by atoms with van der Waals surface area (Å²) in [5.41, 5.74) is 2.54. The summed E-state index contributed by atoms with van der Waals surface area (Å²) in [5, 5.41) is 7.34. The van der Waals surface area contributed by atoms with Gasteiger partial charge in [0.25, 0.3) is 0 Å². The summed E-state index contributed by atoms with van der Waals surface area (Å²) in [5.74, 6) is 0. The quantitative estimate of drug-likeness (QED) is 0.503. The summed E-state index contributed by atoms with van der Waals surface area (Å²) in [6.45, 7) is 6.41. The third-order valence-corrected chi connectivity index (χ3v) is 4.29. The van der Waals surface area contributed by atoms with Gasteiger partial charge >= 0.3 is 0 Å². The molecule has 3 rings (SSSR count). The van der Waals surface area contributed by atoms with Crippen molar-refractivity contribution in [2.75, 3.05) is 0 Å². The highest BCUT2D eigenvalue weighted by Crippen LogP contribution is 2.36. The Bertz CT molecular complexity index is 837. The zero-order chi connectivity index (χ0) is 16.1. The second-order valence-electron chi connectivity index (χ2n) is 6.25. The van der Waals surface area contributed by atoms with Crippen LogP contribution in [0.3, 0.4) is 0 Å². The molecule has 0 spiro atoms. The van der Waals surface area contributed by atoms with Crippen molar-refractivity contribution in [2.24, 2.45) is 0 Å². The minimum Gasteiger partial charge on any atom is -0.230 e. The first-order chi connectivity index (χ1) is 10.3. The maximum Gasteiger partial charge on any atom is 0.103 e. The van der Waals surface area contributed by atoms with E-state index < -0.39 is 0 Å². The number of halogens is 3. The Balaban J connectivity index is 2.38. The van der Waals surface area contributed by atoms with Gasteiger partial charge in [-0.05, 0) is 18.2 Å². The van der Waals surface area contributed by atoms with Gasteiger partial charge in [-0.2, -0.15) is 5.10 Å². The van der Waals surface area contributed by atoms with Gasteiger partial charge in [-0.3, -0.25) is 0 Å². The van der Waals surface area contributed by atoms with Gasteiger partial charge in [-0.15, -0.1) is 0 Å². The fourth-order valence-corrected chi connectivity index (χ4v) is 3.50. The molecule has 0 aliphatic rings. The van der Waals surface area contributed by atoms with E-state index in [4.69, 9.17) is 39.9 Å². The lowest BCUT2D eigenvalue weighted by Gasteiger charge is -2.15. The van der Waals surface area contributed by atoms with E-state index in [1.54, 1.807) is 16.8 Å². The van der Waals surface area contributed by atoms with E-state index in [2.05, 4.69) is 26.8 Å². The summed E-state index contributed by atoms with van der Waals surface area (Å²) in [7, 11) is 0. The molecule has 0 fully saturated rings. The number of benzene rings is 2. The van der Waals surface area contributed by atoms with Crippen molar-refractivity contribution in [3.8, 4) is 5.69 Å². The van der Waals surface area contributed by atoms with Crippen molar-refractivity contribution in [3.63, 3.8) is 0 Å². The number of rotatable bonds is 1. The van der Waals surface area contributed by atoms with Crippen LogP contribution in [0, 0.1) is 0 Å². The van der Waals surface area contributed by atoms with Crippen molar-refractivity contribution < 1.29 is 0 Å². The third kappa shape index (κ3) is 2.60. The topological polar surface area (TPSA) is 17.8 Å². The van der Waals surface area contributed by atoms with Gasteiger partial charge in [-0.1, -0.05) is 73.8 Å². The minimum atomic E-state index is -0.0871. The Morgan fingerprint density at radius 1 is 0.955 bits per heavy atom. The van der Waals surface area contributed by atoms with Crippen molar-refractivity contribution in [1.29, 1.82) is 0 Å². The van der Waals surface area contributed by atoms with E-state index in [9.17, 15) is 0 Å². The lowest BCUT2D eigenvalue weighted by Crippen LogP contribution is -2.13. The van der Waals surface area contributed by atoms with Gasteiger partial charge < -0.3 is 0 Å². The van der Waals surface area contributed by atoms with Crippen molar-refractivity contribution in [1.82, 2.24) is 9.78 Å². The second-order valence-corrected chi connectivity index (χ2v) is 7.50. The lowest BCUT2D eigenvalue weighted by molar-refractivity contribution is 0.565. The Morgan fingerprint density at radius 2 is 1.55 bits per heavy atom. The molecule has 0 saturated carbocycles. The third-order valence-electron chi connectivity index (χ3n) is 3.49. The molecule has 0 aliphatic heterocycles. The summed E-state index contributed by atoms with van der Waals surface area (Å²) in [6.07, 6.45) is 0. The summed E-state index contributed by atoms with van der Waals surface area (Å²) < 4.78 is 1.80. The highest BCUT2D eigenvalue weighted by molar-refractivity contribution is 6.40. The number of hydrogen-bond acceptors (Lipinski definition) is 1. The number of fused-ring (bicyclic) bond motifs is 1. The molecule has 0 amide bonds. The van der Waals surface area contributed by atoms with E-state index in [-0.39, 0.29) is 5.41 Å². The molecular weight excluding hydrogens is 339 g/mol. The molecule has 0 aliphatic carbocycles. The highest BCUT2D eigenvalue weighted by Gasteiger charge is 2.24. The van der Waals surface area contributed by atoms with Crippen LogP contribution in [0.2, 0.25) is 15.1 Å². The lowest BCUT2D eigenvalue weighted by atomic mass is 9.90. The Kier molecular flexibility index (Phi) is 3.88. The van der Waals surface area contributed by atoms with Crippen molar-refractivity contribution in [2.45, 2.75) is 26.2 Å². The maximum absolute atomic E-state index is 6.36. The Labute approximate surface area is 144 Å². The van der Waals surface area contributed by atoms with Crippen LogP contribution in [0.1, 0.15) is 26.5 Å². The number of hydrogen-bond donors (Lipinski definition) is 0. The first kappa shape index (κ1) is 15.7. The number of nitrogens with zero attached hydrogens (tertiary/aromatic N) is 2. The number of para-hydroxylation sites is 1. The normalized spacial score (nSPS) is 12.1. The predicted molar refractivity (Wildman–Crippen MR) is 94.8 cm³/mol. The number of aromatic nitrogens is 2. The Morgan fingerprint density at radius 3 is 2.14 bits per heavy atom. The van der Waals surface area contributed by atoms with Crippen LogP contribution in [0.4, 0.5) is 0 Å². The molecule has 0 atom stereocenters. The first-order valence-corrected chi connectivity index (χ1v) is 8.05. The van der Waals surface area contributed by atoms with E-state index in [1.807, 2.05) is 18.2 Å². The standard InChI is InChI=1S/C17H15Cl3N2/c1-17(2,3)16-11-6-4-5-7-14(11)22(21-16)15-12(19)8-10(18)9-13(15)20/h4-9H,1-3H3. The van der Waals surface area contributed by atoms with Crippen molar-refractivity contribution in [3.05, 3.63) is 57.2 Å². The van der Waals surface area contributed by atoms with Gasteiger partial charge in [0.2, 0.25) is 0 Å².